The van der Waals surface area contributed by atoms with Crippen LogP contribution in [0.4, 0.5) is 11.4 Å². The molecule has 0 bridgehead atoms. The van der Waals surface area contributed by atoms with Gasteiger partial charge in [0.1, 0.15) is 5.75 Å². The van der Waals surface area contributed by atoms with Crippen molar-refractivity contribution >= 4 is 28.9 Å². The van der Waals surface area contributed by atoms with Gasteiger partial charge in [-0.1, -0.05) is 17.7 Å². The average molecular weight is 305 g/mol. The molecule has 0 aromatic heterocycles. The number of nitrogen functional groups attached to an aromatic ring is 1. The number of halogens is 1. The fourth-order valence-electron chi connectivity index (χ4n) is 1.76. The van der Waals surface area contributed by atoms with E-state index in [2.05, 4.69) is 5.32 Å². The maximum atomic E-state index is 12.1. The molecule has 0 saturated carbocycles. The van der Waals surface area contributed by atoms with E-state index >= 15 is 0 Å². The highest BCUT2D eigenvalue weighted by atomic mass is 35.5. The van der Waals surface area contributed by atoms with Gasteiger partial charge in [-0.15, -0.1) is 0 Å². The van der Waals surface area contributed by atoms with Gasteiger partial charge in [0, 0.05) is 11.4 Å². The molecule has 5 heteroatoms. The van der Waals surface area contributed by atoms with E-state index in [0.717, 1.165) is 5.56 Å². The number of nitrogens with one attached hydrogen (secondary N) is 1. The molecule has 0 radical (unpaired) electrons. The number of carbonyl (C=O) groups excluding carboxylic acids is 1. The summed E-state index contributed by atoms with van der Waals surface area (Å²) in [6.45, 7) is 3.61. The van der Waals surface area contributed by atoms with Crippen LogP contribution in [0, 0.1) is 6.92 Å². The van der Waals surface area contributed by atoms with E-state index in [0.29, 0.717) is 22.1 Å². The van der Waals surface area contributed by atoms with Crippen molar-refractivity contribution in [2.24, 2.45) is 0 Å². The lowest BCUT2D eigenvalue weighted by atomic mass is 10.2. The van der Waals surface area contributed by atoms with E-state index in [-0.39, 0.29) is 5.91 Å². The Morgan fingerprint density at radius 3 is 2.52 bits per heavy atom. The summed E-state index contributed by atoms with van der Waals surface area (Å²) in [6.07, 6.45) is -0.664. The van der Waals surface area contributed by atoms with Crippen LogP contribution in [0.25, 0.3) is 0 Å². The summed E-state index contributed by atoms with van der Waals surface area (Å²) in [5.74, 6) is 0.235. The van der Waals surface area contributed by atoms with Crippen LogP contribution in [0.15, 0.2) is 42.5 Å². The maximum absolute atomic E-state index is 12.1. The summed E-state index contributed by atoms with van der Waals surface area (Å²) < 4.78 is 5.59. The molecule has 0 heterocycles. The second-order valence-electron chi connectivity index (χ2n) is 4.81. The molecule has 1 unspecified atom stereocenters. The fraction of sp³-hybridized carbons (Fsp3) is 0.188. The molecule has 4 nitrogen and oxygen atoms in total. The molecule has 0 saturated heterocycles. The van der Waals surface area contributed by atoms with Crippen molar-refractivity contribution in [2.45, 2.75) is 20.0 Å². The van der Waals surface area contributed by atoms with Gasteiger partial charge < -0.3 is 15.8 Å². The highest BCUT2D eigenvalue weighted by molar-refractivity contribution is 6.32. The second kappa shape index (κ2) is 6.50. The minimum Gasteiger partial charge on any atom is -0.479 e. The molecule has 0 aliphatic carbocycles. The van der Waals surface area contributed by atoms with Crippen molar-refractivity contribution in [1.29, 1.82) is 0 Å². The van der Waals surface area contributed by atoms with Gasteiger partial charge in [0.2, 0.25) is 0 Å². The number of aryl methyl sites for hydroxylation is 1. The van der Waals surface area contributed by atoms with Crippen molar-refractivity contribution in [3.8, 4) is 5.75 Å². The molecule has 21 heavy (non-hydrogen) atoms. The fourth-order valence-corrected chi connectivity index (χ4v) is 2.04. The Bertz CT molecular complexity index is 641. The molecule has 0 aliphatic heterocycles. The number of rotatable bonds is 4. The van der Waals surface area contributed by atoms with Crippen LogP contribution in [0.1, 0.15) is 12.5 Å². The van der Waals surface area contributed by atoms with Gasteiger partial charge in [0.15, 0.2) is 6.10 Å². The van der Waals surface area contributed by atoms with Crippen LogP contribution in [0.3, 0.4) is 0 Å². The molecule has 0 aliphatic rings. The number of nitrogens with two attached hydrogens (primary N) is 1. The molecule has 0 fully saturated rings. The number of carbonyl (C=O) groups is 1. The van der Waals surface area contributed by atoms with Crippen molar-refractivity contribution in [3.05, 3.63) is 53.1 Å². The predicted molar refractivity (Wildman–Crippen MR) is 85.8 cm³/mol. The third kappa shape index (κ3) is 4.13. The molecule has 2 aromatic carbocycles. The minimum atomic E-state index is -0.664. The standard InChI is InChI=1S/C16H17ClN2O2/c1-10-3-8-15(14(17)9-10)21-11(2)16(20)19-13-6-4-12(18)5-7-13/h3-9,11H,18H2,1-2H3,(H,19,20). The third-order valence-electron chi connectivity index (χ3n) is 2.94. The van der Waals surface area contributed by atoms with E-state index in [9.17, 15) is 4.79 Å². The zero-order valence-corrected chi connectivity index (χ0v) is 12.6. The first-order chi connectivity index (χ1) is 9.95. The summed E-state index contributed by atoms with van der Waals surface area (Å²) in [5.41, 5.74) is 7.94. The number of ether oxygens (including phenoxy) is 1. The number of benzene rings is 2. The quantitative estimate of drug-likeness (QED) is 0.848. The second-order valence-corrected chi connectivity index (χ2v) is 5.21. The SMILES string of the molecule is Cc1ccc(OC(C)C(=O)Nc2ccc(N)cc2)c(Cl)c1. The Morgan fingerprint density at radius 1 is 1.24 bits per heavy atom. The zero-order chi connectivity index (χ0) is 15.4. The first-order valence-corrected chi connectivity index (χ1v) is 6.92. The molecular weight excluding hydrogens is 288 g/mol. The smallest absolute Gasteiger partial charge is 0.265 e. The topological polar surface area (TPSA) is 64.3 Å². The number of hydrogen-bond donors (Lipinski definition) is 2. The molecule has 110 valence electrons. The van der Waals surface area contributed by atoms with Crippen molar-refractivity contribution in [1.82, 2.24) is 0 Å². The van der Waals surface area contributed by atoms with Gasteiger partial charge in [-0.2, -0.15) is 0 Å². The van der Waals surface area contributed by atoms with Gasteiger partial charge in [-0.3, -0.25) is 4.79 Å². The predicted octanol–water partition coefficient (Wildman–Crippen LogP) is 3.64. The third-order valence-corrected chi connectivity index (χ3v) is 3.23. The van der Waals surface area contributed by atoms with Crippen LogP contribution >= 0.6 is 11.6 Å². The minimum absolute atomic E-state index is 0.253. The normalized spacial score (nSPS) is 11.8. The van der Waals surface area contributed by atoms with Gasteiger partial charge >= 0.3 is 0 Å². The number of anilines is 2. The van der Waals surface area contributed by atoms with E-state index in [1.54, 1.807) is 43.3 Å². The summed E-state index contributed by atoms with van der Waals surface area (Å²) in [5, 5.41) is 3.25. The molecule has 1 amide bonds. The van der Waals surface area contributed by atoms with Crippen molar-refractivity contribution in [2.75, 3.05) is 11.1 Å². The summed E-state index contributed by atoms with van der Waals surface area (Å²) in [4.78, 5) is 12.1. The zero-order valence-electron chi connectivity index (χ0n) is 11.9. The van der Waals surface area contributed by atoms with Gasteiger partial charge in [0.25, 0.3) is 5.91 Å². The lowest BCUT2D eigenvalue weighted by Gasteiger charge is -2.16. The summed E-state index contributed by atoms with van der Waals surface area (Å²) in [6, 6.07) is 12.3. The van der Waals surface area contributed by atoms with Crippen molar-refractivity contribution in [3.63, 3.8) is 0 Å². The van der Waals surface area contributed by atoms with Crippen LogP contribution in [-0.2, 0) is 4.79 Å². The Balaban J connectivity index is 2.00. The van der Waals surface area contributed by atoms with Gasteiger partial charge in [-0.25, -0.2) is 0 Å². The first-order valence-electron chi connectivity index (χ1n) is 6.55. The molecule has 2 aromatic rings. The maximum Gasteiger partial charge on any atom is 0.265 e. The van der Waals surface area contributed by atoms with E-state index < -0.39 is 6.10 Å². The van der Waals surface area contributed by atoms with Crippen LogP contribution in [-0.4, -0.2) is 12.0 Å². The Hall–Kier alpha value is -2.20. The monoisotopic (exact) mass is 304 g/mol. The lowest BCUT2D eigenvalue weighted by molar-refractivity contribution is -0.122. The summed E-state index contributed by atoms with van der Waals surface area (Å²) >= 11 is 6.09. The summed E-state index contributed by atoms with van der Waals surface area (Å²) in [7, 11) is 0. The Labute approximate surface area is 128 Å². The molecular formula is C16H17ClN2O2. The Kier molecular flexibility index (Phi) is 4.70. The van der Waals surface area contributed by atoms with Gasteiger partial charge in [0.05, 0.1) is 5.02 Å². The molecule has 1 atom stereocenters. The lowest BCUT2D eigenvalue weighted by Crippen LogP contribution is -2.30. The van der Waals surface area contributed by atoms with Gasteiger partial charge in [-0.05, 0) is 55.8 Å². The van der Waals surface area contributed by atoms with Crippen LogP contribution < -0.4 is 15.8 Å². The first kappa shape index (κ1) is 15.2. The largest absolute Gasteiger partial charge is 0.479 e. The Morgan fingerprint density at radius 2 is 1.90 bits per heavy atom. The highest BCUT2D eigenvalue weighted by Crippen LogP contribution is 2.26. The van der Waals surface area contributed by atoms with Crippen LogP contribution in [0.2, 0.25) is 5.02 Å². The van der Waals surface area contributed by atoms with E-state index in [4.69, 9.17) is 22.1 Å². The van der Waals surface area contributed by atoms with E-state index in [1.807, 2.05) is 13.0 Å². The van der Waals surface area contributed by atoms with Crippen molar-refractivity contribution < 1.29 is 9.53 Å². The molecule has 0 spiro atoms. The molecule has 2 rings (SSSR count). The number of hydrogen-bond acceptors (Lipinski definition) is 3. The number of amides is 1. The average Bonchev–Trinajstić information content (AvgIpc) is 2.44. The molecule has 3 N–H and O–H groups in total. The highest BCUT2D eigenvalue weighted by Gasteiger charge is 2.16. The van der Waals surface area contributed by atoms with E-state index in [1.165, 1.54) is 0 Å². The van der Waals surface area contributed by atoms with Crippen LogP contribution in [0.5, 0.6) is 5.75 Å².